The zero-order chi connectivity index (χ0) is 10.6. The number of hydrazine groups is 1. The van der Waals surface area contributed by atoms with Gasteiger partial charge >= 0.3 is 0 Å². The van der Waals surface area contributed by atoms with Crippen LogP contribution in [0.3, 0.4) is 0 Å². The first-order valence-corrected chi connectivity index (χ1v) is 4.94. The van der Waals surface area contributed by atoms with E-state index in [-0.39, 0.29) is 6.10 Å². The van der Waals surface area contributed by atoms with Gasteiger partial charge in [0.05, 0.1) is 24.2 Å². The van der Waals surface area contributed by atoms with Crippen molar-refractivity contribution in [3.8, 4) is 0 Å². The van der Waals surface area contributed by atoms with E-state index in [1.54, 1.807) is 6.92 Å². The lowest BCUT2D eigenvalue weighted by atomic mass is 10.1. The van der Waals surface area contributed by atoms with Gasteiger partial charge < -0.3 is 15.2 Å². The van der Waals surface area contributed by atoms with Crippen molar-refractivity contribution in [2.24, 2.45) is 5.28 Å². The van der Waals surface area contributed by atoms with Crippen molar-refractivity contribution < 1.29 is 14.9 Å². The normalized spacial score (nSPS) is 22.2. The number of aliphatic hydroxyl groups is 1. The summed E-state index contributed by atoms with van der Waals surface area (Å²) >= 11 is 5.44. The molecular formula is C7H14ClN3O3. The molecule has 0 spiro atoms. The maximum Gasteiger partial charge on any atom is 0.234 e. The lowest BCUT2D eigenvalue weighted by Gasteiger charge is -2.25. The molecule has 1 aliphatic heterocycles. The number of halogens is 1. The third-order valence-corrected chi connectivity index (χ3v) is 2.02. The van der Waals surface area contributed by atoms with Crippen LogP contribution in [0.25, 0.3) is 0 Å². The number of hydrogen-bond acceptors (Lipinski definition) is 4. The van der Waals surface area contributed by atoms with E-state index in [1.165, 1.54) is 5.01 Å². The molecule has 1 aliphatic rings. The van der Waals surface area contributed by atoms with E-state index in [2.05, 4.69) is 10.1 Å². The van der Waals surface area contributed by atoms with Gasteiger partial charge in [0.2, 0.25) is 10.8 Å². The third kappa shape index (κ3) is 3.55. The molecule has 0 aromatic heterocycles. The summed E-state index contributed by atoms with van der Waals surface area (Å²) in [6.07, 6.45) is 0.836. The number of rotatable bonds is 3. The van der Waals surface area contributed by atoms with Gasteiger partial charge in [0, 0.05) is 0 Å². The van der Waals surface area contributed by atoms with Crippen LogP contribution in [-0.2, 0) is 4.84 Å². The minimum absolute atomic E-state index is 0.312. The summed E-state index contributed by atoms with van der Waals surface area (Å²) in [5, 5.41) is 25.1. The molecule has 82 valence electrons. The van der Waals surface area contributed by atoms with E-state index in [9.17, 15) is 10.3 Å². The lowest BCUT2D eigenvalue weighted by Crippen LogP contribution is -2.40. The summed E-state index contributed by atoms with van der Waals surface area (Å²) < 4.78 is 0. The van der Waals surface area contributed by atoms with Gasteiger partial charge in [-0.3, -0.25) is 0 Å². The minimum atomic E-state index is -0.623. The Balaban J connectivity index is 2.37. The molecule has 0 saturated carbocycles. The highest BCUT2D eigenvalue weighted by Crippen LogP contribution is 2.10. The molecule has 1 rings (SSSR count). The van der Waals surface area contributed by atoms with Gasteiger partial charge in [-0.05, 0) is 19.8 Å². The number of nitrogens with zero attached hydrogens (tertiary/aromatic N) is 3. The van der Waals surface area contributed by atoms with Crippen molar-refractivity contribution in [3.05, 3.63) is 5.21 Å². The highest BCUT2D eigenvalue weighted by molar-refractivity contribution is 6.19. The summed E-state index contributed by atoms with van der Waals surface area (Å²) in [5.41, 5.74) is -0.623. The van der Waals surface area contributed by atoms with Crippen molar-refractivity contribution in [2.45, 2.75) is 31.4 Å². The molecule has 0 aliphatic carbocycles. The average Bonchev–Trinajstić information content (AvgIpc) is 2.15. The monoisotopic (exact) mass is 223 g/mol. The summed E-state index contributed by atoms with van der Waals surface area (Å²) in [6, 6.07) is 0. The van der Waals surface area contributed by atoms with Gasteiger partial charge in [0.25, 0.3) is 0 Å². The molecule has 14 heavy (non-hydrogen) atoms. The number of piperidine rings is 1. The molecule has 0 radical (unpaired) electrons. The van der Waals surface area contributed by atoms with Crippen LogP contribution in [0.1, 0.15) is 19.8 Å². The molecule has 1 heterocycles. The Labute approximate surface area is 87.2 Å². The second kappa shape index (κ2) is 5.21. The Kier molecular flexibility index (Phi) is 4.21. The smallest absolute Gasteiger partial charge is 0.234 e. The largest absolute Gasteiger partial charge is 0.569 e. The average molecular weight is 224 g/mol. The van der Waals surface area contributed by atoms with Gasteiger partial charge in [-0.15, -0.1) is 5.01 Å². The first-order valence-electron chi connectivity index (χ1n) is 4.50. The molecule has 0 bridgehead atoms. The SMILES string of the molecule is CC(Cl)O/N=[N+](\[O-])N1CCC(O)CC1. The molecule has 6 nitrogen and oxygen atoms in total. The van der Waals surface area contributed by atoms with Crippen LogP contribution in [0.15, 0.2) is 5.28 Å². The van der Waals surface area contributed by atoms with Crippen LogP contribution in [0.2, 0.25) is 0 Å². The van der Waals surface area contributed by atoms with Crippen LogP contribution >= 0.6 is 11.6 Å². The molecule has 0 amide bonds. The molecule has 0 aromatic rings. The van der Waals surface area contributed by atoms with E-state index in [4.69, 9.17) is 11.6 Å². The first-order chi connectivity index (χ1) is 6.59. The Morgan fingerprint density at radius 2 is 2.21 bits per heavy atom. The van der Waals surface area contributed by atoms with Crippen LogP contribution in [0.5, 0.6) is 0 Å². The van der Waals surface area contributed by atoms with Gasteiger partial charge in [-0.25, -0.2) is 0 Å². The van der Waals surface area contributed by atoms with Crippen molar-refractivity contribution in [2.75, 3.05) is 13.1 Å². The molecule has 1 N–H and O–H groups in total. The Morgan fingerprint density at radius 3 is 2.71 bits per heavy atom. The molecule has 1 fully saturated rings. The topological polar surface area (TPSA) is 71.1 Å². The van der Waals surface area contributed by atoms with Crippen molar-refractivity contribution in [3.63, 3.8) is 0 Å². The van der Waals surface area contributed by atoms with Gasteiger partial charge in [-0.2, -0.15) is 0 Å². The number of hydrogen-bond donors (Lipinski definition) is 1. The highest BCUT2D eigenvalue weighted by atomic mass is 35.5. The zero-order valence-corrected chi connectivity index (χ0v) is 8.72. The summed E-state index contributed by atoms with van der Waals surface area (Å²) in [4.78, 5) is 4.96. The van der Waals surface area contributed by atoms with Crippen molar-refractivity contribution >= 4 is 11.6 Å². The van der Waals surface area contributed by atoms with Crippen LogP contribution in [0.4, 0.5) is 0 Å². The minimum Gasteiger partial charge on any atom is -0.569 e. The van der Waals surface area contributed by atoms with E-state index in [0.717, 1.165) is 0 Å². The maximum absolute atomic E-state index is 11.2. The van der Waals surface area contributed by atoms with E-state index >= 15 is 0 Å². The van der Waals surface area contributed by atoms with Gasteiger partial charge in [0.1, 0.15) is 0 Å². The third-order valence-electron chi connectivity index (χ3n) is 1.95. The molecule has 1 saturated heterocycles. The fourth-order valence-corrected chi connectivity index (χ4v) is 1.22. The quantitative estimate of drug-likeness (QED) is 0.333. The molecule has 7 heteroatoms. The van der Waals surface area contributed by atoms with Crippen molar-refractivity contribution in [1.29, 1.82) is 0 Å². The Morgan fingerprint density at radius 1 is 1.64 bits per heavy atom. The second-order valence-corrected chi connectivity index (χ2v) is 3.78. The predicted molar refractivity (Wildman–Crippen MR) is 49.3 cm³/mol. The van der Waals surface area contributed by atoms with Gasteiger partial charge in [0.15, 0.2) is 0 Å². The van der Waals surface area contributed by atoms with E-state index in [1.807, 2.05) is 0 Å². The van der Waals surface area contributed by atoms with Crippen LogP contribution in [0, 0.1) is 5.21 Å². The van der Waals surface area contributed by atoms with Gasteiger partial charge in [-0.1, -0.05) is 11.6 Å². The first kappa shape index (κ1) is 11.3. The highest BCUT2D eigenvalue weighted by Gasteiger charge is 2.22. The standard InChI is InChI=1S/C7H14ClN3O3/c1-6(8)14-9-11(13)10-4-2-7(12)3-5-10/h6-7,12H,2-5H2,1H3/b11-9-. The van der Waals surface area contributed by atoms with Crippen LogP contribution < -0.4 is 0 Å². The van der Waals surface area contributed by atoms with Crippen molar-refractivity contribution in [1.82, 2.24) is 5.01 Å². The number of alkyl halides is 1. The second-order valence-electron chi connectivity index (χ2n) is 3.17. The lowest BCUT2D eigenvalue weighted by molar-refractivity contribution is -0.713. The summed E-state index contributed by atoms with van der Waals surface area (Å²) in [5.74, 6) is 0. The number of aliphatic hydroxyl groups excluding tert-OH is 1. The fourth-order valence-electron chi connectivity index (χ4n) is 1.18. The predicted octanol–water partition coefficient (Wildman–Crippen LogP) is 0.837. The van der Waals surface area contributed by atoms with E-state index < -0.39 is 5.56 Å². The maximum atomic E-state index is 11.2. The summed E-state index contributed by atoms with van der Waals surface area (Å²) in [6.45, 7) is 2.53. The Hall–Kier alpha value is -0.750. The van der Waals surface area contributed by atoms with Crippen LogP contribution in [-0.4, -0.2) is 39.8 Å². The van der Waals surface area contributed by atoms with E-state index in [0.29, 0.717) is 30.9 Å². The molecular weight excluding hydrogens is 210 g/mol. The Bertz CT molecular complexity index is 204. The molecule has 1 unspecified atom stereocenters. The molecule has 1 atom stereocenters. The summed E-state index contributed by atoms with van der Waals surface area (Å²) in [7, 11) is 0. The fraction of sp³-hybridized carbons (Fsp3) is 1.00. The molecule has 0 aromatic carbocycles. The zero-order valence-electron chi connectivity index (χ0n) is 7.97.